The summed E-state index contributed by atoms with van der Waals surface area (Å²) in [7, 11) is 3.64. The average molecular weight is 209 g/mol. The maximum absolute atomic E-state index is 13.5. The second-order valence-electron chi connectivity index (χ2n) is 3.47. The van der Waals surface area contributed by atoms with Crippen molar-refractivity contribution in [2.24, 2.45) is 14.1 Å². The summed E-state index contributed by atoms with van der Waals surface area (Å²) >= 11 is 0. The van der Waals surface area contributed by atoms with Crippen LogP contribution in [-0.4, -0.2) is 4.57 Å². The predicted molar refractivity (Wildman–Crippen MR) is 51.9 cm³/mol. The lowest BCUT2D eigenvalue weighted by Gasteiger charge is -2.00. The summed E-state index contributed by atoms with van der Waals surface area (Å²) in [6.07, 6.45) is 3.64. The van der Waals surface area contributed by atoms with E-state index in [-0.39, 0.29) is 0 Å². The first-order valence-corrected chi connectivity index (χ1v) is 4.56. The Kier molecular flexibility index (Phi) is 2.26. The molecule has 0 atom stereocenters. The van der Waals surface area contributed by atoms with Gasteiger partial charge in [0.2, 0.25) is 0 Å². The van der Waals surface area contributed by atoms with Crippen molar-refractivity contribution in [3.05, 3.63) is 42.2 Å². The molecule has 0 saturated heterocycles. The van der Waals surface area contributed by atoms with E-state index in [1.807, 2.05) is 26.5 Å². The second-order valence-corrected chi connectivity index (χ2v) is 3.47. The fourth-order valence-corrected chi connectivity index (χ4v) is 1.64. The highest BCUT2D eigenvalue weighted by molar-refractivity contribution is 5.53. The number of rotatable bonds is 1. The van der Waals surface area contributed by atoms with Crippen molar-refractivity contribution in [1.29, 1.82) is 0 Å². The lowest BCUT2D eigenvalue weighted by Crippen LogP contribution is -2.29. The van der Waals surface area contributed by atoms with E-state index in [1.165, 1.54) is 12.1 Å². The second kappa shape index (κ2) is 3.46. The van der Waals surface area contributed by atoms with Crippen LogP contribution in [0.1, 0.15) is 0 Å². The van der Waals surface area contributed by atoms with Gasteiger partial charge in [0, 0.05) is 6.07 Å². The van der Waals surface area contributed by atoms with Crippen LogP contribution in [0, 0.1) is 11.6 Å². The molecule has 0 spiro atoms. The SMILES string of the molecule is Cn1cc[n+](C)c1-c1ccc(F)cc1F. The molecule has 15 heavy (non-hydrogen) atoms. The molecule has 0 N–H and O–H groups in total. The highest BCUT2D eigenvalue weighted by Gasteiger charge is 2.18. The minimum atomic E-state index is -0.562. The van der Waals surface area contributed by atoms with Gasteiger partial charge in [-0.05, 0) is 12.1 Å². The first-order valence-electron chi connectivity index (χ1n) is 4.56. The number of aryl methyl sites for hydroxylation is 2. The fraction of sp³-hybridized carbons (Fsp3) is 0.182. The van der Waals surface area contributed by atoms with Crippen LogP contribution in [0.3, 0.4) is 0 Å². The number of halogens is 2. The molecule has 0 fully saturated rings. The van der Waals surface area contributed by atoms with Gasteiger partial charge < -0.3 is 0 Å². The van der Waals surface area contributed by atoms with Crippen molar-refractivity contribution in [1.82, 2.24) is 4.57 Å². The van der Waals surface area contributed by atoms with Gasteiger partial charge in [0.15, 0.2) is 0 Å². The molecule has 0 radical (unpaired) electrons. The third-order valence-electron chi connectivity index (χ3n) is 2.35. The Hall–Kier alpha value is -1.71. The zero-order chi connectivity index (χ0) is 11.0. The highest BCUT2D eigenvalue weighted by atomic mass is 19.1. The number of aromatic nitrogens is 2. The van der Waals surface area contributed by atoms with Crippen molar-refractivity contribution in [2.75, 3.05) is 0 Å². The Morgan fingerprint density at radius 3 is 2.53 bits per heavy atom. The van der Waals surface area contributed by atoms with E-state index in [4.69, 9.17) is 0 Å². The maximum atomic E-state index is 13.5. The zero-order valence-corrected chi connectivity index (χ0v) is 8.54. The van der Waals surface area contributed by atoms with Crippen LogP contribution >= 0.6 is 0 Å². The quantitative estimate of drug-likeness (QED) is 0.633. The van der Waals surface area contributed by atoms with Crippen molar-refractivity contribution in [2.45, 2.75) is 0 Å². The third kappa shape index (κ3) is 1.63. The van der Waals surface area contributed by atoms with Gasteiger partial charge >= 0.3 is 0 Å². The Labute approximate surface area is 86.4 Å². The van der Waals surface area contributed by atoms with Gasteiger partial charge in [-0.3, -0.25) is 0 Å². The van der Waals surface area contributed by atoms with Gasteiger partial charge in [-0.1, -0.05) is 0 Å². The number of benzene rings is 1. The number of hydrogen-bond acceptors (Lipinski definition) is 0. The molecule has 0 saturated carbocycles. The molecule has 1 heterocycles. The number of nitrogens with zero attached hydrogens (tertiary/aromatic N) is 2. The Bertz CT molecular complexity index is 484. The molecule has 0 aliphatic rings. The molecule has 1 aromatic carbocycles. The molecular formula is C11H11F2N2+. The lowest BCUT2D eigenvalue weighted by atomic mass is 10.2. The Morgan fingerprint density at radius 1 is 1.27 bits per heavy atom. The van der Waals surface area contributed by atoms with Gasteiger partial charge in [-0.2, -0.15) is 0 Å². The molecule has 2 nitrogen and oxygen atoms in total. The monoisotopic (exact) mass is 209 g/mol. The van der Waals surface area contributed by atoms with Gasteiger partial charge in [-0.15, -0.1) is 0 Å². The van der Waals surface area contributed by atoms with E-state index in [9.17, 15) is 8.78 Å². The minimum absolute atomic E-state index is 0.395. The van der Waals surface area contributed by atoms with Crippen LogP contribution in [0.2, 0.25) is 0 Å². The molecule has 0 aliphatic carbocycles. The third-order valence-corrected chi connectivity index (χ3v) is 2.35. The van der Waals surface area contributed by atoms with Gasteiger partial charge in [0.25, 0.3) is 5.82 Å². The van der Waals surface area contributed by atoms with E-state index in [0.29, 0.717) is 11.4 Å². The van der Waals surface area contributed by atoms with Crippen LogP contribution in [0.25, 0.3) is 11.4 Å². The lowest BCUT2D eigenvalue weighted by molar-refractivity contribution is -0.659. The van der Waals surface area contributed by atoms with Crippen LogP contribution in [0.4, 0.5) is 8.78 Å². The summed E-state index contributed by atoms with van der Waals surface area (Å²) in [5.74, 6) is -0.409. The van der Waals surface area contributed by atoms with E-state index in [2.05, 4.69) is 0 Å². The zero-order valence-electron chi connectivity index (χ0n) is 8.54. The van der Waals surface area contributed by atoms with Crippen molar-refractivity contribution < 1.29 is 13.3 Å². The van der Waals surface area contributed by atoms with Crippen molar-refractivity contribution >= 4 is 0 Å². The summed E-state index contributed by atoms with van der Waals surface area (Å²) in [5.41, 5.74) is 0.395. The summed E-state index contributed by atoms with van der Waals surface area (Å²) in [6, 6.07) is 3.59. The average Bonchev–Trinajstić information content (AvgIpc) is 2.48. The summed E-state index contributed by atoms with van der Waals surface area (Å²) < 4.78 is 29.8. The van der Waals surface area contributed by atoms with Crippen molar-refractivity contribution in [3.63, 3.8) is 0 Å². The topological polar surface area (TPSA) is 8.81 Å². The molecule has 0 unspecified atom stereocenters. The fourth-order valence-electron chi connectivity index (χ4n) is 1.64. The standard InChI is InChI=1S/C11H11F2N2/c1-14-5-6-15(2)11(14)9-4-3-8(12)7-10(9)13/h3-7H,1-2H3/q+1. The molecule has 4 heteroatoms. The maximum Gasteiger partial charge on any atom is 0.291 e. The van der Waals surface area contributed by atoms with Gasteiger partial charge in [0.05, 0.1) is 14.1 Å². The van der Waals surface area contributed by atoms with Gasteiger partial charge in [-0.25, -0.2) is 17.9 Å². The Morgan fingerprint density at radius 2 is 2.00 bits per heavy atom. The van der Waals surface area contributed by atoms with Crippen LogP contribution in [0.15, 0.2) is 30.6 Å². The van der Waals surface area contributed by atoms with E-state index >= 15 is 0 Å². The predicted octanol–water partition coefficient (Wildman–Crippen LogP) is 1.79. The molecule has 0 aliphatic heterocycles. The molecule has 0 amide bonds. The van der Waals surface area contributed by atoms with Crippen LogP contribution in [0.5, 0.6) is 0 Å². The molecule has 0 bridgehead atoms. The summed E-state index contributed by atoms with van der Waals surface area (Å²) in [6.45, 7) is 0. The first kappa shape index (κ1) is 9.83. The molecule has 1 aromatic heterocycles. The summed E-state index contributed by atoms with van der Waals surface area (Å²) in [5, 5.41) is 0. The molecule has 78 valence electrons. The number of hydrogen-bond donors (Lipinski definition) is 0. The minimum Gasteiger partial charge on any atom is -0.233 e. The van der Waals surface area contributed by atoms with Gasteiger partial charge in [0.1, 0.15) is 29.6 Å². The van der Waals surface area contributed by atoms with Crippen LogP contribution < -0.4 is 4.57 Å². The number of imidazole rings is 1. The Balaban J connectivity index is 2.64. The smallest absolute Gasteiger partial charge is 0.233 e. The van der Waals surface area contributed by atoms with Crippen molar-refractivity contribution in [3.8, 4) is 11.4 Å². The van der Waals surface area contributed by atoms with E-state index in [1.54, 1.807) is 9.13 Å². The summed E-state index contributed by atoms with van der Waals surface area (Å²) in [4.78, 5) is 0. The largest absolute Gasteiger partial charge is 0.291 e. The normalized spacial score (nSPS) is 10.7. The molecule has 2 aromatic rings. The molecule has 2 rings (SSSR count). The van der Waals surface area contributed by atoms with E-state index in [0.717, 1.165) is 6.07 Å². The highest BCUT2D eigenvalue weighted by Crippen LogP contribution is 2.19. The van der Waals surface area contributed by atoms with E-state index < -0.39 is 11.6 Å². The van der Waals surface area contributed by atoms with Crippen LogP contribution in [-0.2, 0) is 14.1 Å². The molecular weight excluding hydrogens is 198 g/mol. The first-order chi connectivity index (χ1) is 7.09.